The lowest BCUT2D eigenvalue weighted by molar-refractivity contribution is 0.130. The molecule has 1 heterocycles. The third-order valence-electron chi connectivity index (χ3n) is 3.82. The fraction of sp³-hybridized carbons (Fsp3) is 0.667. The highest BCUT2D eigenvalue weighted by atomic mass is 16.5. The summed E-state index contributed by atoms with van der Waals surface area (Å²) in [6, 6.07) is 6.63. The van der Waals surface area contributed by atoms with E-state index in [0.29, 0.717) is 12.6 Å². The first-order chi connectivity index (χ1) is 10.1. The second-order valence-electron chi connectivity index (χ2n) is 6.53. The van der Waals surface area contributed by atoms with Crippen LogP contribution >= 0.6 is 0 Å². The standard InChI is InChI=1S/C18H29NO2/c1-5-8-15(19-11-6-2)13-20-16-10-7-9-14-12-18(3,4)21-17(14)16/h7,9-10,15,19H,5-6,8,11-13H2,1-4H3. The van der Waals surface area contributed by atoms with Crippen molar-refractivity contribution in [3.8, 4) is 11.5 Å². The molecule has 0 saturated carbocycles. The van der Waals surface area contributed by atoms with Crippen molar-refractivity contribution in [2.24, 2.45) is 0 Å². The zero-order chi connectivity index (χ0) is 15.3. The molecule has 21 heavy (non-hydrogen) atoms. The molecule has 0 saturated heterocycles. The van der Waals surface area contributed by atoms with Crippen LogP contribution in [-0.2, 0) is 6.42 Å². The van der Waals surface area contributed by atoms with Gasteiger partial charge in [-0.1, -0.05) is 32.4 Å². The molecule has 1 aliphatic rings. The Bertz CT molecular complexity index is 457. The van der Waals surface area contributed by atoms with E-state index in [1.807, 2.05) is 6.07 Å². The molecule has 1 atom stereocenters. The van der Waals surface area contributed by atoms with E-state index in [2.05, 4.69) is 45.1 Å². The van der Waals surface area contributed by atoms with Crippen LogP contribution < -0.4 is 14.8 Å². The first-order valence-corrected chi connectivity index (χ1v) is 8.23. The summed E-state index contributed by atoms with van der Waals surface area (Å²) in [7, 11) is 0. The Kier molecular flexibility index (Phi) is 5.51. The predicted octanol–water partition coefficient (Wildman–Crippen LogP) is 3.95. The summed E-state index contributed by atoms with van der Waals surface area (Å²) in [5, 5.41) is 3.56. The number of ether oxygens (including phenoxy) is 2. The minimum Gasteiger partial charge on any atom is -0.488 e. The third kappa shape index (κ3) is 4.37. The summed E-state index contributed by atoms with van der Waals surface area (Å²) in [5.41, 5.74) is 1.14. The maximum atomic E-state index is 6.07. The number of fused-ring (bicyclic) bond motifs is 1. The topological polar surface area (TPSA) is 30.5 Å². The van der Waals surface area contributed by atoms with Crippen LogP contribution in [0.1, 0.15) is 52.5 Å². The molecular formula is C18H29NO2. The molecular weight excluding hydrogens is 262 g/mol. The molecule has 0 amide bonds. The smallest absolute Gasteiger partial charge is 0.165 e. The zero-order valence-corrected chi connectivity index (χ0v) is 13.9. The van der Waals surface area contributed by atoms with E-state index in [1.165, 1.54) is 12.0 Å². The molecule has 1 aromatic carbocycles. The van der Waals surface area contributed by atoms with Crippen molar-refractivity contribution in [2.75, 3.05) is 13.2 Å². The highest BCUT2D eigenvalue weighted by molar-refractivity contribution is 5.50. The molecule has 0 bridgehead atoms. The maximum absolute atomic E-state index is 6.07. The summed E-state index contributed by atoms with van der Waals surface area (Å²) >= 11 is 0. The van der Waals surface area contributed by atoms with E-state index in [9.17, 15) is 0 Å². The van der Waals surface area contributed by atoms with E-state index in [1.54, 1.807) is 0 Å². The van der Waals surface area contributed by atoms with E-state index >= 15 is 0 Å². The number of nitrogens with one attached hydrogen (secondary N) is 1. The van der Waals surface area contributed by atoms with Gasteiger partial charge in [-0.3, -0.25) is 0 Å². The number of para-hydroxylation sites is 1. The lowest BCUT2D eigenvalue weighted by Gasteiger charge is -2.21. The highest BCUT2D eigenvalue weighted by Crippen LogP contribution is 2.41. The lowest BCUT2D eigenvalue weighted by atomic mass is 10.0. The average molecular weight is 291 g/mol. The molecule has 3 nitrogen and oxygen atoms in total. The Morgan fingerprint density at radius 3 is 2.81 bits per heavy atom. The SMILES string of the molecule is CCCNC(CCC)COc1cccc2c1OC(C)(C)C2. The van der Waals surface area contributed by atoms with Crippen LogP contribution in [0.25, 0.3) is 0 Å². The molecule has 1 aliphatic heterocycles. The van der Waals surface area contributed by atoms with E-state index in [-0.39, 0.29) is 5.60 Å². The number of rotatable bonds is 8. The second-order valence-corrected chi connectivity index (χ2v) is 6.53. The minimum atomic E-state index is -0.120. The van der Waals surface area contributed by atoms with Crippen LogP contribution in [0.15, 0.2) is 18.2 Å². The summed E-state index contributed by atoms with van der Waals surface area (Å²) in [5.74, 6) is 1.82. The molecule has 1 aromatic rings. The molecule has 2 rings (SSSR count). The van der Waals surface area contributed by atoms with Crippen LogP contribution in [0.4, 0.5) is 0 Å². The van der Waals surface area contributed by atoms with Gasteiger partial charge in [-0.15, -0.1) is 0 Å². The first kappa shape index (κ1) is 16.2. The van der Waals surface area contributed by atoms with Gasteiger partial charge in [-0.05, 0) is 39.3 Å². The number of hydrogen-bond donors (Lipinski definition) is 1. The molecule has 1 unspecified atom stereocenters. The van der Waals surface area contributed by atoms with Crippen molar-refractivity contribution in [3.05, 3.63) is 23.8 Å². The van der Waals surface area contributed by atoms with Gasteiger partial charge in [0.1, 0.15) is 12.2 Å². The predicted molar refractivity (Wildman–Crippen MR) is 87.3 cm³/mol. The minimum absolute atomic E-state index is 0.120. The van der Waals surface area contributed by atoms with Crippen LogP contribution in [-0.4, -0.2) is 24.8 Å². The van der Waals surface area contributed by atoms with Gasteiger partial charge in [0, 0.05) is 18.0 Å². The fourth-order valence-electron chi connectivity index (χ4n) is 2.83. The summed E-state index contributed by atoms with van der Waals surface area (Å²) in [4.78, 5) is 0. The maximum Gasteiger partial charge on any atom is 0.165 e. The fourth-order valence-corrected chi connectivity index (χ4v) is 2.83. The second kappa shape index (κ2) is 7.17. The Morgan fingerprint density at radius 2 is 2.10 bits per heavy atom. The van der Waals surface area contributed by atoms with Gasteiger partial charge in [0.15, 0.2) is 11.5 Å². The van der Waals surface area contributed by atoms with Crippen molar-refractivity contribution in [1.29, 1.82) is 0 Å². The highest BCUT2D eigenvalue weighted by Gasteiger charge is 2.32. The van der Waals surface area contributed by atoms with E-state index in [0.717, 1.165) is 37.3 Å². The Balaban J connectivity index is 1.99. The summed E-state index contributed by atoms with van der Waals surface area (Å²) in [6.07, 6.45) is 4.41. The summed E-state index contributed by atoms with van der Waals surface area (Å²) in [6.45, 7) is 10.4. The van der Waals surface area contributed by atoms with Gasteiger partial charge in [-0.2, -0.15) is 0 Å². The Labute approximate surface area is 129 Å². The normalized spacial score (nSPS) is 17.1. The molecule has 0 aliphatic carbocycles. The van der Waals surface area contributed by atoms with Gasteiger partial charge in [-0.25, -0.2) is 0 Å². The molecule has 1 N–H and O–H groups in total. The monoisotopic (exact) mass is 291 g/mol. The quantitative estimate of drug-likeness (QED) is 0.786. The van der Waals surface area contributed by atoms with Gasteiger partial charge < -0.3 is 14.8 Å². The molecule has 0 radical (unpaired) electrons. The van der Waals surface area contributed by atoms with E-state index < -0.39 is 0 Å². The largest absolute Gasteiger partial charge is 0.488 e. The average Bonchev–Trinajstić information content (AvgIpc) is 2.76. The van der Waals surface area contributed by atoms with Crippen LogP contribution in [0, 0.1) is 0 Å². The van der Waals surface area contributed by atoms with Crippen molar-refractivity contribution < 1.29 is 9.47 Å². The van der Waals surface area contributed by atoms with Gasteiger partial charge in [0.25, 0.3) is 0 Å². The van der Waals surface area contributed by atoms with E-state index in [4.69, 9.17) is 9.47 Å². The van der Waals surface area contributed by atoms with Crippen molar-refractivity contribution >= 4 is 0 Å². The Morgan fingerprint density at radius 1 is 1.29 bits per heavy atom. The van der Waals surface area contributed by atoms with Crippen molar-refractivity contribution in [2.45, 2.75) is 65.0 Å². The van der Waals surface area contributed by atoms with Crippen molar-refractivity contribution in [1.82, 2.24) is 5.32 Å². The third-order valence-corrected chi connectivity index (χ3v) is 3.82. The van der Waals surface area contributed by atoms with Crippen LogP contribution in [0.2, 0.25) is 0 Å². The number of hydrogen-bond acceptors (Lipinski definition) is 3. The van der Waals surface area contributed by atoms with Crippen LogP contribution in [0.3, 0.4) is 0 Å². The van der Waals surface area contributed by atoms with Gasteiger partial charge >= 0.3 is 0 Å². The Hall–Kier alpha value is -1.22. The molecule has 118 valence electrons. The molecule has 0 spiro atoms. The summed E-state index contributed by atoms with van der Waals surface area (Å²) < 4.78 is 12.1. The first-order valence-electron chi connectivity index (χ1n) is 8.23. The van der Waals surface area contributed by atoms with Gasteiger partial charge in [0.05, 0.1) is 0 Å². The molecule has 3 heteroatoms. The zero-order valence-electron chi connectivity index (χ0n) is 13.9. The van der Waals surface area contributed by atoms with Gasteiger partial charge in [0.2, 0.25) is 0 Å². The van der Waals surface area contributed by atoms with Crippen LogP contribution in [0.5, 0.6) is 11.5 Å². The molecule has 0 fully saturated rings. The lowest BCUT2D eigenvalue weighted by Crippen LogP contribution is -2.35. The molecule has 0 aromatic heterocycles. The number of benzene rings is 1. The van der Waals surface area contributed by atoms with Crippen molar-refractivity contribution in [3.63, 3.8) is 0 Å².